The number of ether oxygens (including phenoxy) is 1. The topological polar surface area (TPSA) is 81.9 Å². The largest absolute Gasteiger partial charge is 0.497 e. The minimum Gasteiger partial charge on any atom is -0.497 e. The highest BCUT2D eigenvalue weighted by Crippen LogP contribution is 2.16. The Kier molecular flexibility index (Phi) is 5.63. The summed E-state index contributed by atoms with van der Waals surface area (Å²) in [6.45, 7) is 0. The van der Waals surface area contributed by atoms with Crippen molar-refractivity contribution in [2.45, 2.75) is 5.75 Å². The number of nitrogens with one attached hydrogen (secondary N) is 1. The summed E-state index contributed by atoms with van der Waals surface area (Å²) in [5.41, 5.74) is 1.63. The molecule has 2 aromatic carbocycles. The minimum absolute atomic E-state index is 0.0751. The molecule has 3 aromatic rings. The van der Waals surface area contributed by atoms with E-state index >= 15 is 0 Å². The molecule has 1 heterocycles. The Labute approximate surface area is 149 Å². The van der Waals surface area contributed by atoms with Crippen LogP contribution in [0.4, 0.5) is 5.69 Å². The first-order valence-corrected chi connectivity index (χ1v) is 8.76. The number of hydrogen-bond donors (Lipinski definition) is 1. The number of hydrogen-bond acceptors (Lipinski definition) is 6. The standard InChI is InChI=1S/C17H17N5O2S/c1-24-15-9-7-13(8-10-15)18-17(23)12-25-11-16-19-20-21-22(16)14-5-3-2-4-6-14/h2-10H,11-12H2,1H3,(H,18,23). The second-order valence-corrected chi connectivity index (χ2v) is 6.10. The van der Waals surface area contributed by atoms with Crippen LogP contribution in [0.1, 0.15) is 5.82 Å². The first kappa shape index (κ1) is 17.0. The number of carbonyl (C=O) groups excluding carboxylic acids is 1. The van der Waals surface area contributed by atoms with Crippen molar-refractivity contribution in [2.75, 3.05) is 18.2 Å². The minimum atomic E-state index is -0.0751. The zero-order valence-corrected chi connectivity index (χ0v) is 14.4. The summed E-state index contributed by atoms with van der Waals surface area (Å²) in [6, 6.07) is 16.9. The Morgan fingerprint density at radius 3 is 2.64 bits per heavy atom. The first-order valence-electron chi connectivity index (χ1n) is 7.60. The number of methoxy groups -OCH3 is 1. The lowest BCUT2D eigenvalue weighted by molar-refractivity contribution is -0.113. The predicted octanol–water partition coefficient (Wildman–Crippen LogP) is 2.54. The number of benzene rings is 2. The van der Waals surface area contributed by atoms with Gasteiger partial charge in [0, 0.05) is 5.69 Å². The van der Waals surface area contributed by atoms with Crippen molar-refractivity contribution in [1.29, 1.82) is 0 Å². The highest BCUT2D eigenvalue weighted by atomic mass is 32.2. The fraction of sp³-hybridized carbons (Fsp3) is 0.176. The van der Waals surface area contributed by atoms with E-state index in [2.05, 4.69) is 20.8 Å². The fourth-order valence-electron chi connectivity index (χ4n) is 2.17. The van der Waals surface area contributed by atoms with E-state index < -0.39 is 0 Å². The maximum absolute atomic E-state index is 12.0. The van der Waals surface area contributed by atoms with Crippen LogP contribution >= 0.6 is 11.8 Å². The average Bonchev–Trinajstić information content (AvgIpc) is 3.11. The van der Waals surface area contributed by atoms with Gasteiger partial charge in [-0.05, 0) is 46.8 Å². The Bertz CT molecular complexity index is 821. The summed E-state index contributed by atoms with van der Waals surface area (Å²) in [5, 5.41) is 14.6. The fourth-order valence-corrected chi connectivity index (χ4v) is 2.89. The molecule has 8 heteroatoms. The number of rotatable bonds is 7. The molecule has 0 aliphatic rings. The summed E-state index contributed by atoms with van der Waals surface area (Å²) in [7, 11) is 1.60. The third-order valence-corrected chi connectivity index (χ3v) is 4.30. The van der Waals surface area contributed by atoms with E-state index in [0.29, 0.717) is 17.3 Å². The maximum Gasteiger partial charge on any atom is 0.234 e. The molecule has 0 radical (unpaired) electrons. The van der Waals surface area contributed by atoms with E-state index in [1.54, 1.807) is 36.1 Å². The molecule has 0 aliphatic heterocycles. The molecule has 0 atom stereocenters. The van der Waals surface area contributed by atoms with Crippen molar-refractivity contribution >= 4 is 23.4 Å². The van der Waals surface area contributed by atoms with Gasteiger partial charge in [-0.3, -0.25) is 4.79 Å². The predicted molar refractivity (Wildman–Crippen MR) is 96.9 cm³/mol. The molecule has 0 spiro atoms. The number of nitrogens with zero attached hydrogens (tertiary/aromatic N) is 4. The van der Waals surface area contributed by atoms with Gasteiger partial charge in [0.1, 0.15) is 5.75 Å². The van der Waals surface area contributed by atoms with Gasteiger partial charge in [0.2, 0.25) is 5.91 Å². The van der Waals surface area contributed by atoms with Gasteiger partial charge in [0.05, 0.1) is 24.3 Å². The number of amides is 1. The molecule has 0 saturated heterocycles. The molecule has 1 amide bonds. The number of para-hydroxylation sites is 1. The van der Waals surface area contributed by atoms with Crippen molar-refractivity contribution in [3.8, 4) is 11.4 Å². The van der Waals surface area contributed by atoms with E-state index in [0.717, 1.165) is 17.1 Å². The van der Waals surface area contributed by atoms with E-state index in [9.17, 15) is 4.79 Å². The molecule has 0 aliphatic carbocycles. The molecule has 1 N–H and O–H groups in total. The number of aromatic nitrogens is 4. The van der Waals surface area contributed by atoms with Gasteiger partial charge in [-0.15, -0.1) is 16.9 Å². The first-order chi connectivity index (χ1) is 12.3. The maximum atomic E-state index is 12.0. The van der Waals surface area contributed by atoms with Crippen LogP contribution in [0, 0.1) is 0 Å². The smallest absolute Gasteiger partial charge is 0.234 e. The zero-order valence-electron chi connectivity index (χ0n) is 13.6. The Hall–Kier alpha value is -2.87. The SMILES string of the molecule is COc1ccc(NC(=O)CSCc2nnnn2-c2ccccc2)cc1. The van der Waals surface area contributed by atoms with Crippen molar-refractivity contribution < 1.29 is 9.53 Å². The monoisotopic (exact) mass is 355 g/mol. The van der Waals surface area contributed by atoms with Crippen LogP contribution in [-0.2, 0) is 10.5 Å². The second-order valence-electron chi connectivity index (χ2n) is 5.11. The third-order valence-electron chi connectivity index (χ3n) is 3.37. The molecular formula is C17H17N5O2S. The van der Waals surface area contributed by atoms with Crippen molar-refractivity contribution in [3.63, 3.8) is 0 Å². The summed E-state index contributed by atoms with van der Waals surface area (Å²) in [5.74, 6) is 2.23. The van der Waals surface area contributed by atoms with Gasteiger partial charge in [0.25, 0.3) is 0 Å². The summed E-state index contributed by atoms with van der Waals surface area (Å²) in [6.07, 6.45) is 0. The third kappa shape index (κ3) is 4.57. The van der Waals surface area contributed by atoms with E-state index in [1.165, 1.54) is 11.8 Å². The normalized spacial score (nSPS) is 10.4. The molecule has 7 nitrogen and oxygen atoms in total. The molecule has 1 aromatic heterocycles. The van der Waals surface area contributed by atoms with Crippen LogP contribution in [-0.4, -0.2) is 39.0 Å². The number of carbonyl (C=O) groups is 1. The van der Waals surface area contributed by atoms with Crippen LogP contribution < -0.4 is 10.1 Å². The zero-order chi connectivity index (χ0) is 17.5. The molecule has 25 heavy (non-hydrogen) atoms. The highest BCUT2D eigenvalue weighted by Gasteiger charge is 2.09. The van der Waals surface area contributed by atoms with Crippen LogP contribution in [0.5, 0.6) is 5.75 Å². The second kappa shape index (κ2) is 8.29. The number of anilines is 1. The highest BCUT2D eigenvalue weighted by molar-refractivity contribution is 7.99. The summed E-state index contributed by atoms with van der Waals surface area (Å²) in [4.78, 5) is 12.0. The molecule has 0 unspecified atom stereocenters. The van der Waals surface area contributed by atoms with Gasteiger partial charge >= 0.3 is 0 Å². The van der Waals surface area contributed by atoms with Crippen molar-refractivity contribution in [1.82, 2.24) is 20.2 Å². The Balaban J connectivity index is 1.51. The molecule has 128 valence electrons. The number of tetrazole rings is 1. The molecule has 0 fully saturated rings. The molecule has 3 rings (SSSR count). The molecule has 0 bridgehead atoms. The van der Waals surface area contributed by atoms with Crippen molar-refractivity contribution in [3.05, 3.63) is 60.4 Å². The quantitative estimate of drug-likeness (QED) is 0.701. The lowest BCUT2D eigenvalue weighted by Gasteiger charge is -2.06. The summed E-state index contributed by atoms with van der Waals surface area (Å²) < 4.78 is 6.77. The van der Waals surface area contributed by atoms with Crippen LogP contribution in [0.25, 0.3) is 5.69 Å². The van der Waals surface area contributed by atoms with Crippen LogP contribution in [0.3, 0.4) is 0 Å². The van der Waals surface area contributed by atoms with Gasteiger partial charge < -0.3 is 10.1 Å². The van der Waals surface area contributed by atoms with Gasteiger partial charge in [-0.25, -0.2) is 0 Å². The number of thioether (sulfide) groups is 1. The van der Waals surface area contributed by atoms with Gasteiger partial charge in [-0.1, -0.05) is 18.2 Å². The van der Waals surface area contributed by atoms with Crippen LogP contribution in [0.2, 0.25) is 0 Å². The van der Waals surface area contributed by atoms with Crippen molar-refractivity contribution in [2.24, 2.45) is 0 Å². The molecule has 0 saturated carbocycles. The van der Waals surface area contributed by atoms with E-state index in [-0.39, 0.29) is 5.91 Å². The average molecular weight is 355 g/mol. The molecular weight excluding hydrogens is 338 g/mol. The van der Waals surface area contributed by atoms with E-state index in [4.69, 9.17) is 4.74 Å². The lowest BCUT2D eigenvalue weighted by Crippen LogP contribution is -2.14. The van der Waals surface area contributed by atoms with Gasteiger partial charge in [0.15, 0.2) is 5.82 Å². The lowest BCUT2D eigenvalue weighted by atomic mass is 10.3. The Morgan fingerprint density at radius 2 is 1.92 bits per heavy atom. The van der Waals surface area contributed by atoms with Gasteiger partial charge in [-0.2, -0.15) is 4.68 Å². The van der Waals surface area contributed by atoms with Crippen LogP contribution in [0.15, 0.2) is 54.6 Å². The summed E-state index contributed by atoms with van der Waals surface area (Å²) >= 11 is 1.45. The Morgan fingerprint density at radius 1 is 1.16 bits per heavy atom. The van der Waals surface area contributed by atoms with E-state index in [1.807, 2.05) is 30.3 Å².